The molecule has 0 amide bonds. The highest BCUT2D eigenvalue weighted by Gasteiger charge is 2.19. The van der Waals surface area contributed by atoms with E-state index >= 15 is 0 Å². The molecule has 2 heteroatoms. The molecule has 0 aromatic heterocycles. The van der Waals surface area contributed by atoms with Crippen molar-refractivity contribution in [3.8, 4) is 44.5 Å². The van der Waals surface area contributed by atoms with E-state index in [1.165, 1.54) is 76.8 Å². The van der Waals surface area contributed by atoms with E-state index in [0.29, 0.717) is 0 Å². The largest absolute Gasteiger partial charge is 0.310 e. The Bertz CT molecular complexity index is 3880. The van der Waals surface area contributed by atoms with Crippen LogP contribution < -0.4 is 9.80 Å². The first-order valence-electron chi connectivity index (χ1n) is 24.6. The smallest absolute Gasteiger partial charge is 0.0546 e. The summed E-state index contributed by atoms with van der Waals surface area (Å²) in [6.45, 7) is 3.94. The molecule has 0 N–H and O–H groups in total. The maximum Gasteiger partial charge on any atom is 0.0546 e. The number of benzene rings is 12. The summed E-state index contributed by atoms with van der Waals surface area (Å²) in [5, 5.41) is 7.37. The quantitative estimate of drug-likeness (QED) is 0.0890. The van der Waals surface area contributed by atoms with Crippen LogP contribution in [0.3, 0.4) is 0 Å². The van der Waals surface area contributed by atoms with E-state index in [-0.39, 0.29) is 0 Å². The minimum Gasteiger partial charge on any atom is -0.310 e. The number of hydrogen-bond acceptors (Lipinski definition) is 2. The summed E-state index contributed by atoms with van der Waals surface area (Å²) in [5.74, 6) is 0. The van der Waals surface area contributed by atoms with E-state index in [9.17, 15) is 0 Å². The predicted molar refractivity (Wildman–Crippen MR) is 309 cm³/mol. The predicted octanol–water partition coefficient (Wildman–Crippen LogP) is 20.0. The van der Waals surface area contributed by atoms with E-state index in [1.807, 2.05) is 12.2 Å². The van der Waals surface area contributed by atoms with E-state index in [1.54, 1.807) is 0 Å². The molecule has 0 heterocycles. The fraction of sp³-hybridized carbons (Fsp3) is 0. The van der Waals surface area contributed by atoms with Crippen molar-refractivity contribution in [2.45, 2.75) is 0 Å². The summed E-state index contributed by atoms with van der Waals surface area (Å²) in [6.07, 6.45) is 5.97. The van der Waals surface area contributed by atoms with Gasteiger partial charge >= 0.3 is 0 Å². The summed E-state index contributed by atoms with van der Waals surface area (Å²) < 4.78 is 0. The highest BCUT2D eigenvalue weighted by atomic mass is 15.1. The van der Waals surface area contributed by atoms with Crippen molar-refractivity contribution in [1.29, 1.82) is 0 Å². The standard InChI is InChI=1S/C70H50N2/c1-2-3-16-61-47-58-17-10-11-18-59(58)48-69(61)71(62-20-6-4-7-21-62)64-43-39-56(40-44-64)54-35-31-52(32-36-54)50-27-29-51(30-28-50)53-33-37-55(38-34-53)57-41-45-65(46-42-57)72(63-22-8-5-9-23-63)70-49-60-19-12-13-24-66(60)67-25-14-15-26-68(67)70/h2-49H,1H2/b16-3-. The topological polar surface area (TPSA) is 6.48 Å². The van der Waals surface area contributed by atoms with Crippen LogP contribution in [0.2, 0.25) is 0 Å². The Morgan fingerprint density at radius 2 is 0.583 bits per heavy atom. The Hall–Kier alpha value is -9.50. The van der Waals surface area contributed by atoms with Gasteiger partial charge in [-0.05, 0) is 144 Å². The number of para-hydroxylation sites is 2. The van der Waals surface area contributed by atoms with E-state index in [4.69, 9.17) is 0 Å². The van der Waals surface area contributed by atoms with Gasteiger partial charge < -0.3 is 9.80 Å². The van der Waals surface area contributed by atoms with Crippen LogP contribution in [-0.2, 0) is 0 Å². The van der Waals surface area contributed by atoms with Crippen molar-refractivity contribution in [2.24, 2.45) is 0 Å². The van der Waals surface area contributed by atoms with Gasteiger partial charge in [0.25, 0.3) is 0 Å². The van der Waals surface area contributed by atoms with Crippen LogP contribution in [-0.4, -0.2) is 0 Å². The van der Waals surface area contributed by atoms with E-state index in [2.05, 4.69) is 295 Å². The SMILES string of the molecule is C=C/C=C\c1cc2ccccc2cc1N(c1ccccc1)c1ccc(-c2ccc(-c3ccc(-c4ccc(-c5ccc(N(c6ccccc6)c6cc7ccccc7c7ccccc67)cc5)cc4)cc3)cc2)cc1. The molecule has 2 nitrogen and oxygen atoms in total. The van der Waals surface area contributed by atoms with Crippen molar-refractivity contribution in [3.05, 3.63) is 297 Å². The monoisotopic (exact) mass is 918 g/mol. The van der Waals surface area contributed by atoms with Crippen molar-refractivity contribution in [3.63, 3.8) is 0 Å². The molecule has 12 aromatic carbocycles. The molecular weight excluding hydrogens is 869 g/mol. The Balaban J connectivity index is 0.761. The molecule has 0 unspecified atom stereocenters. The first-order valence-corrected chi connectivity index (χ1v) is 24.6. The van der Waals surface area contributed by atoms with Crippen LogP contribution in [0.5, 0.6) is 0 Å². The second kappa shape index (κ2) is 19.5. The van der Waals surface area contributed by atoms with Gasteiger partial charge in [-0.25, -0.2) is 0 Å². The molecule has 0 fully saturated rings. The third-order valence-corrected chi connectivity index (χ3v) is 13.8. The van der Waals surface area contributed by atoms with Crippen LogP contribution in [0.15, 0.2) is 292 Å². The number of rotatable bonds is 12. The zero-order chi connectivity index (χ0) is 48.2. The molecule has 0 aliphatic heterocycles. The Morgan fingerprint density at radius 1 is 0.264 bits per heavy atom. The van der Waals surface area contributed by atoms with Crippen LogP contribution in [0.25, 0.3) is 82.9 Å². The molecule has 12 aromatic rings. The van der Waals surface area contributed by atoms with Crippen molar-refractivity contribution < 1.29 is 0 Å². The van der Waals surface area contributed by atoms with Gasteiger partial charge in [0.2, 0.25) is 0 Å². The molecule has 0 saturated heterocycles. The lowest BCUT2D eigenvalue weighted by molar-refractivity contribution is 1.28. The molecular formula is C70H50N2. The van der Waals surface area contributed by atoms with E-state index in [0.717, 1.165) is 39.7 Å². The Morgan fingerprint density at radius 3 is 1.03 bits per heavy atom. The maximum atomic E-state index is 3.94. The third kappa shape index (κ3) is 8.63. The fourth-order valence-electron chi connectivity index (χ4n) is 10.1. The minimum atomic E-state index is 1.09. The molecule has 340 valence electrons. The molecule has 0 radical (unpaired) electrons. The van der Waals surface area contributed by atoms with E-state index < -0.39 is 0 Å². The lowest BCUT2D eigenvalue weighted by Crippen LogP contribution is -2.11. The van der Waals surface area contributed by atoms with Crippen LogP contribution in [0.4, 0.5) is 34.1 Å². The van der Waals surface area contributed by atoms with Gasteiger partial charge in [0.05, 0.1) is 11.4 Å². The van der Waals surface area contributed by atoms with Crippen LogP contribution >= 0.6 is 0 Å². The van der Waals surface area contributed by atoms with Gasteiger partial charge in [-0.3, -0.25) is 0 Å². The Labute approximate surface area is 422 Å². The first-order chi connectivity index (χ1) is 35.6. The van der Waals surface area contributed by atoms with Gasteiger partial charge in [-0.15, -0.1) is 0 Å². The second-order valence-electron chi connectivity index (χ2n) is 18.2. The molecule has 0 spiro atoms. The average Bonchev–Trinajstić information content (AvgIpc) is 3.46. The van der Waals surface area contributed by atoms with Gasteiger partial charge in [0.1, 0.15) is 0 Å². The lowest BCUT2D eigenvalue weighted by atomic mass is 9.96. The molecule has 0 saturated carbocycles. The van der Waals surface area contributed by atoms with Gasteiger partial charge in [0, 0.05) is 28.1 Å². The van der Waals surface area contributed by atoms with Crippen LogP contribution in [0.1, 0.15) is 5.56 Å². The molecule has 72 heavy (non-hydrogen) atoms. The molecule has 0 aliphatic rings. The van der Waals surface area contributed by atoms with Crippen molar-refractivity contribution in [2.75, 3.05) is 9.80 Å². The Kier molecular flexibility index (Phi) is 11.8. The van der Waals surface area contributed by atoms with Crippen LogP contribution in [0, 0.1) is 0 Å². The molecule has 0 atom stereocenters. The summed E-state index contributed by atoms with van der Waals surface area (Å²) in [4.78, 5) is 4.72. The summed E-state index contributed by atoms with van der Waals surface area (Å²) in [5.41, 5.74) is 17.3. The lowest BCUT2D eigenvalue weighted by Gasteiger charge is -2.28. The van der Waals surface area contributed by atoms with Gasteiger partial charge in [0.15, 0.2) is 0 Å². The summed E-state index contributed by atoms with van der Waals surface area (Å²) in [7, 11) is 0. The zero-order valence-corrected chi connectivity index (χ0v) is 39.8. The number of fused-ring (bicyclic) bond motifs is 4. The third-order valence-electron chi connectivity index (χ3n) is 13.8. The highest BCUT2D eigenvalue weighted by molar-refractivity contribution is 6.14. The minimum absolute atomic E-state index is 1.09. The van der Waals surface area contributed by atoms with Gasteiger partial charge in [-0.1, -0.05) is 231 Å². The fourth-order valence-corrected chi connectivity index (χ4v) is 10.1. The molecule has 0 bridgehead atoms. The normalized spacial score (nSPS) is 11.3. The van der Waals surface area contributed by atoms with Gasteiger partial charge in [-0.2, -0.15) is 0 Å². The number of hydrogen-bond donors (Lipinski definition) is 0. The summed E-state index contributed by atoms with van der Waals surface area (Å²) >= 11 is 0. The first kappa shape index (κ1) is 43.8. The van der Waals surface area contributed by atoms with Crippen molar-refractivity contribution in [1.82, 2.24) is 0 Å². The zero-order valence-electron chi connectivity index (χ0n) is 39.8. The number of anilines is 6. The summed E-state index contributed by atoms with van der Waals surface area (Å²) in [6, 6.07) is 98.7. The second-order valence-corrected chi connectivity index (χ2v) is 18.2. The number of nitrogens with zero attached hydrogens (tertiary/aromatic N) is 2. The van der Waals surface area contributed by atoms with Crippen molar-refractivity contribution >= 4 is 72.5 Å². The maximum absolute atomic E-state index is 3.94. The number of allylic oxidation sites excluding steroid dienone is 2. The molecule has 12 rings (SSSR count). The highest BCUT2D eigenvalue weighted by Crippen LogP contribution is 2.43. The average molecular weight is 919 g/mol. The molecule has 0 aliphatic carbocycles.